The van der Waals surface area contributed by atoms with Gasteiger partial charge in [-0.05, 0) is 24.1 Å². The minimum absolute atomic E-state index is 0.100. The highest BCUT2D eigenvalue weighted by Gasteiger charge is 2.45. The van der Waals surface area contributed by atoms with Crippen molar-refractivity contribution in [2.45, 2.75) is 37.5 Å². The summed E-state index contributed by atoms with van der Waals surface area (Å²) in [6.07, 6.45) is -4.03. The number of ether oxygens (including phenoxy) is 1. The number of hydrogen-bond donors (Lipinski definition) is 7. The summed E-state index contributed by atoms with van der Waals surface area (Å²) in [4.78, 5) is 40.4. The van der Waals surface area contributed by atoms with E-state index >= 15 is 0 Å². The van der Waals surface area contributed by atoms with Gasteiger partial charge in [0.25, 0.3) is 7.52 Å². The Balaban J connectivity index is 1.55. The van der Waals surface area contributed by atoms with Gasteiger partial charge in [0.1, 0.15) is 24.2 Å². The Morgan fingerprint density at radius 1 is 1.14 bits per heavy atom. The van der Waals surface area contributed by atoms with Crippen molar-refractivity contribution in [1.29, 1.82) is 0 Å². The lowest BCUT2D eigenvalue weighted by Crippen LogP contribution is -2.37. The standard InChI is InChI=1S/C19H25ClN6O8P2/c1-10(11-5-3-2-4-6-11)23-16-13-17(25-19(20)24-16)26(8-21-13)18-15(28)14(27)12(34-18)7-22-35(29,30)9-36(31,32)33/h2-6,8,10,12,14-15,18,27-28H,7,9H2,1H3,(H2,22,29,30)(H,23,24,25)(H2,31,32,33)/t10-,12?,14?,15?,18?/m0/s1. The van der Waals surface area contributed by atoms with Crippen LogP contribution < -0.4 is 10.4 Å². The zero-order valence-corrected chi connectivity index (χ0v) is 21.3. The van der Waals surface area contributed by atoms with Crippen molar-refractivity contribution in [3.63, 3.8) is 0 Å². The van der Waals surface area contributed by atoms with E-state index < -0.39 is 52.1 Å². The van der Waals surface area contributed by atoms with E-state index in [2.05, 4.69) is 25.4 Å². The summed E-state index contributed by atoms with van der Waals surface area (Å²) < 4.78 is 30.1. The number of fused-ring (bicyclic) bond motifs is 1. The quantitative estimate of drug-likeness (QED) is 0.144. The van der Waals surface area contributed by atoms with E-state index in [4.69, 9.17) is 26.1 Å². The van der Waals surface area contributed by atoms with Crippen molar-refractivity contribution in [3.05, 3.63) is 47.5 Å². The normalized spacial score (nSPS) is 25.1. The van der Waals surface area contributed by atoms with Gasteiger partial charge in [0.05, 0.1) is 12.4 Å². The zero-order chi connectivity index (χ0) is 26.3. The first kappa shape index (κ1) is 27.1. The van der Waals surface area contributed by atoms with Crippen LogP contribution in [0.3, 0.4) is 0 Å². The maximum atomic E-state index is 12.0. The Labute approximate surface area is 210 Å². The van der Waals surface area contributed by atoms with Crippen LogP contribution in [0.15, 0.2) is 36.7 Å². The van der Waals surface area contributed by atoms with Crippen LogP contribution in [0, 0.1) is 0 Å². The molecule has 1 aliphatic rings. The van der Waals surface area contributed by atoms with E-state index in [1.54, 1.807) is 0 Å². The van der Waals surface area contributed by atoms with Crippen molar-refractivity contribution >= 4 is 43.7 Å². The van der Waals surface area contributed by atoms with Gasteiger partial charge < -0.3 is 34.9 Å². The lowest BCUT2D eigenvalue weighted by molar-refractivity contribution is -0.0331. The molecule has 36 heavy (non-hydrogen) atoms. The SMILES string of the molecule is C[C@H](Nc1nc(Cl)nc2c1ncn2C1OC(CNP(=O)(O)CP(=O)(O)O)C(O)C1O)c1ccccc1. The molecule has 0 radical (unpaired) electrons. The average Bonchev–Trinajstić information content (AvgIpc) is 3.32. The number of nitrogens with one attached hydrogen (secondary N) is 2. The summed E-state index contributed by atoms with van der Waals surface area (Å²) in [5.74, 6) is -0.946. The number of aliphatic hydroxyl groups is 2. The van der Waals surface area contributed by atoms with Crippen LogP contribution in [0.5, 0.6) is 0 Å². The molecule has 4 rings (SSSR count). The molecule has 0 bridgehead atoms. The van der Waals surface area contributed by atoms with Crippen LogP contribution in [0.25, 0.3) is 11.2 Å². The Morgan fingerprint density at radius 3 is 2.50 bits per heavy atom. The molecular formula is C19H25ClN6O8P2. The van der Waals surface area contributed by atoms with Crippen LogP contribution in [0.1, 0.15) is 24.8 Å². The van der Waals surface area contributed by atoms with Gasteiger partial charge in [-0.1, -0.05) is 30.3 Å². The lowest BCUT2D eigenvalue weighted by atomic mass is 10.1. The van der Waals surface area contributed by atoms with Crippen molar-refractivity contribution < 1.29 is 38.8 Å². The average molecular weight is 563 g/mol. The molecule has 0 aliphatic carbocycles. The number of benzene rings is 1. The topological polar surface area (TPSA) is 212 Å². The number of imidazole rings is 1. The lowest BCUT2D eigenvalue weighted by Gasteiger charge is -2.19. The Morgan fingerprint density at radius 2 is 1.83 bits per heavy atom. The second-order valence-corrected chi connectivity index (χ2v) is 12.9. The minimum atomic E-state index is -4.77. The molecule has 5 unspecified atom stereocenters. The molecule has 1 aromatic carbocycles. The van der Waals surface area contributed by atoms with E-state index in [1.165, 1.54) is 10.9 Å². The number of anilines is 1. The summed E-state index contributed by atoms with van der Waals surface area (Å²) in [6.45, 7) is 1.46. The molecule has 3 heterocycles. The molecule has 14 nitrogen and oxygen atoms in total. The second-order valence-electron chi connectivity index (χ2n) is 8.36. The number of halogens is 1. The van der Waals surface area contributed by atoms with Crippen LogP contribution in [0.4, 0.5) is 5.82 Å². The smallest absolute Gasteiger partial charge is 0.336 e. The Bertz CT molecular complexity index is 1320. The van der Waals surface area contributed by atoms with E-state index in [-0.39, 0.29) is 17.0 Å². The number of aromatic nitrogens is 4. The van der Waals surface area contributed by atoms with Gasteiger partial charge in [0, 0.05) is 6.54 Å². The third kappa shape index (κ3) is 6.12. The molecule has 0 spiro atoms. The molecular weight excluding hydrogens is 538 g/mol. The summed E-state index contributed by atoms with van der Waals surface area (Å²) in [7, 11) is -9.20. The van der Waals surface area contributed by atoms with E-state index in [1.807, 2.05) is 37.3 Å². The Hall–Kier alpha value is -1.96. The molecule has 1 aliphatic heterocycles. The van der Waals surface area contributed by atoms with Crippen LogP contribution >= 0.6 is 26.7 Å². The number of nitrogens with zero attached hydrogens (tertiary/aromatic N) is 4. The summed E-state index contributed by atoms with van der Waals surface area (Å²) in [6, 6.07) is 9.45. The predicted octanol–water partition coefficient (Wildman–Crippen LogP) is 1.18. The third-order valence-corrected chi connectivity index (χ3v) is 9.43. The summed E-state index contributed by atoms with van der Waals surface area (Å²) >= 11 is 6.15. The fraction of sp³-hybridized carbons (Fsp3) is 0.421. The van der Waals surface area contributed by atoms with Gasteiger partial charge in [-0.2, -0.15) is 9.97 Å². The zero-order valence-electron chi connectivity index (χ0n) is 18.8. The number of aliphatic hydroxyl groups excluding tert-OH is 2. The maximum absolute atomic E-state index is 12.0. The highest BCUT2D eigenvalue weighted by atomic mass is 35.5. The fourth-order valence-electron chi connectivity index (χ4n) is 3.87. The molecule has 17 heteroatoms. The molecule has 196 valence electrons. The van der Waals surface area contributed by atoms with Crippen LogP contribution in [-0.2, 0) is 13.9 Å². The third-order valence-electron chi connectivity index (χ3n) is 5.57. The fourth-order valence-corrected chi connectivity index (χ4v) is 6.89. The first-order valence-corrected chi connectivity index (χ1v) is 14.7. The molecule has 6 atom stereocenters. The van der Waals surface area contributed by atoms with Crippen molar-refractivity contribution in [2.24, 2.45) is 0 Å². The Kier molecular flexibility index (Phi) is 7.84. The molecule has 1 fully saturated rings. The van der Waals surface area contributed by atoms with Crippen LogP contribution in [0.2, 0.25) is 5.28 Å². The van der Waals surface area contributed by atoms with E-state index in [9.17, 15) is 24.2 Å². The highest BCUT2D eigenvalue weighted by Crippen LogP contribution is 2.52. The maximum Gasteiger partial charge on any atom is 0.336 e. The van der Waals surface area contributed by atoms with Gasteiger partial charge in [0.15, 0.2) is 23.2 Å². The molecule has 0 amide bonds. The van der Waals surface area contributed by atoms with Crippen molar-refractivity contribution in [1.82, 2.24) is 24.6 Å². The first-order chi connectivity index (χ1) is 16.8. The van der Waals surface area contributed by atoms with Gasteiger partial charge in [-0.25, -0.2) is 10.1 Å². The molecule has 0 saturated carbocycles. The van der Waals surface area contributed by atoms with Gasteiger partial charge >= 0.3 is 7.60 Å². The number of hydrogen-bond acceptors (Lipinski definition) is 9. The highest BCUT2D eigenvalue weighted by molar-refractivity contribution is 7.71. The van der Waals surface area contributed by atoms with E-state index in [0.29, 0.717) is 11.3 Å². The minimum Gasteiger partial charge on any atom is -0.387 e. The van der Waals surface area contributed by atoms with Crippen molar-refractivity contribution in [2.75, 3.05) is 17.8 Å². The van der Waals surface area contributed by atoms with Crippen molar-refractivity contribution in [3.8, 4) is 0 Å². The largest absolute Gasteiger partial charge is 0.387 e. The van der Waals surface area contributed by atoms with Crippen LogP contribution in [-0.4, -0.2) is 75.2 Å². The molecule has 1 saturated heterocycles. The van der Waals surface area contributed by atoms with Gasteiger partial charge in [0.2, 0.25) is 5.28 Å². The molecule has 3 aromatic rings. The number of rotatable bonds is 9. The van der Waals surface area contributed by atoms with E-state index in [0.717, 1.165) is 5.56 Å². The molecule has 7 N–H and O–H groups in total. The van der Waals surface area contributed by atoms with Gasteiger partial charge in [-0.15, -0.1) is 0 Å². The molecule has 2 aromatic heterocycles. The predicted molar refractivity (Wildman–Crippen MR) is 129 cm³/mol. The second kappa shape index (κ2) is 10.4. The monoisotopic (exact) mass is 562 g/mol. The van der Waals surface area contributed by atoms with Gasteiger partial charge in [-0.3, -0.25) is 13.7 Å². The summed E-state index contributed by atoms with van der Waals surface area (Å²) in [5.41, 5.74) is 1.53. The first-order valence-electron chi connectivity index (χ1n) is 10.7. The summed E-state index contributed by atoms with van der Waals surface area (Å²) in [5, 5.41) is 26.3.